The van der Waals surface area contributed by atoms with Gasteiger partial charge in [-0.25, -0.2) is 4.79 Å². The first-order valence-corrected chi connectivity index (χ1v) is 6.05. The van der Waals surface area contributed by atoms with E-state index in [1.807, 2.05) is 20.8 Å². The molecule has 5 heteroatoms. The summed E-state index contributed by atoms with van der Waals surface area (Å²) < 4.78 is 10.2. The van der Waals surface area contributed by atoms with Crippen LogP contribution in [0.4, 0.5) is 4.79 Å². The van der Waals surface area contributed by atoms with Gasteiger partial charge in [-0.1, -0.05) is 15.9 Å². The molecule has 0 saturated heterocycles. The molecule has 90 valence electrons. The lowest BCUT2D eigenvalue weighted by atomic mass is 10.2. The molecule has 0 aliphatic rings. The highest BCUT2D eigenvalue weighted by Crippen LogP contribution is 2.09. The first-order valence-electron chi connectivity index (χ1n) is 4.93. The Balaban J connectivity index is 4.15. The standard InChI is InChI=1S/C10H20BrNO3/c1-10(2,3)15-9(13)12(6-5-11)7-8-14-4/h5-8H2,1-4H3. The van der Waals surface area contributed by atoms with Crippen LogP contribution in [0.1, 0.15) is 20.8 Å². The lowest BCUT2D eigenvalue weighted by Gasteiger charge is -2.26. The van der Waals surface area contributed by atoms with E-state index in [2.05, 4.69) is 15.9 Å². The smallest absolute Gasteiger partial charge is 0.410 e. The van der Waals surface area contributed by atoms with Crippen molar-refractivity contribution in [1.29, 1.82) is 0 Å². The summed E-state index contributed by atoms with van der Waals surface area (Å²) in [7, 11) is 1.61. The molecule has 4 nitrogen and oxygen atoms in total. The normalized spacial score (nSPS) is 11.3. The second-order valence-corrected chi connectivity index (χ2v) is 4.94. The van der Waals surface area contributed by atoms with Gasteiger partial charge in [0, 0.05) is 25.5 Å². The monoisotopic (exact) mass is 281 g/mol. The van der Waals surface area contributed by atoms with Gasteiger partial charge < -0.3 is 14.4 Å². The molecule has 0 aromatic heterocycles. The summed E-state index contributed by atoms with van der Waals surface area (Å²) in [6.07, 6.45) is -0.293. The molecule has 0 spiro atoms. The Bertz CT molecular complexity index is 192. The maximum Gasteiger partial charge on any atom is 0.410 e. The number of methoxy groups -OCH3 is 1. The molecule has 0 heterocycles. The van der Waals surface area contributed by atoms with Crippen molar-refractivity contribution in [3.05, 3.63) is 0 Å². The molecule has 1 amide bonds. The van der Waals surface area contributed by atoms with E-state index in [0.29, 0.717) is 19.7 Å². The number of hydrogen-bond acceptors (Lipinski definition) is 3. The fourth-order valence-corrected chi connectivity index (χ4v) is 1.35. The highest BCUT2D eigenvalue weighted by molar-refractivity contribution is 9.09. The predicted molar refractivity (Wildman–Crippen MR) is 63.5 cm³/mol. The molecule has 0 aromatic rings. The van der Waals surface area contributed by atoms with Gasteiger partial charge in [-0.15, -0.1) is 0 Å². The minimum Gasteiger partial charge on any atom is -0.444 e. The lowest BCUT2D eigenvalue weighted by molar-refractivity contribution is 0.0216. The van der Waals surface area contributed by atoms with Crippen molar-refractivity contribution in [2.75, 3.05) is 32.1 Å². The molecule has 0 aliphatic heterocycles. The van der Waals surface area contributed by atoms with E-state index >= 15 is 0 Å². The van der Waals surface area contributed by atoms with Crippen LogP contribution < -0.4 is 0 Å². The Labute approximate surface area is 100 Å². The molecule has 0 saturated carbocycles. The molecule has 0 rings (SSSR count). The minimum absolute atomic E-state index is 0.293. The van der Waals surface area contributed by atoms with Gasteiger partial charge in [0.15, 0.2) is 0 Å². The van der Waals surface area contributed by atoms with Crippen LogP contribution in [0.15, 0.2) is 0 Å². The van der Waals surface area contributed by atoms with Crippen molar-refractivity contribution in [1.82, 2.24) is 4.90 Å². The molecule has 0 atom stereocenters. The molecule has 0 unspecified atom stereocenters. The third-order valence-electron chi connectivity index (χ3n) is 1.57. The number of nitrogens with zero attached hydrogens (tertiary/aromatic N) is 1. The zero-order valence-electron chi connectivity index (χ0n) is 9.88. The number of carbonyl (C=O) groups excluding carboxylic acids is 1. The molecular formula is C10H20BrNO3. The van der Waals surface area contributed by atoms with Gasteiger partial charge in [0.1, 0.15) is 5.60 Å². The summed E-state index contributed by atoms with van der Waals surface area (Å²) in [5.41, 5.74) is -0.450. The largest absolute Gasteiger partial charge is 0.444 e. The summed E-state index contributed by atoms with van der Waals surface area (Å²) in [5.74, 6) is 0. The van der Waals surface area contributed by atoms with E-state index in [0.717, 1.165) is 5.33 Å². The number of hydrogen-bond donors (Lipinski definition) is 0. The van der Waals surface area contributed by atoms with Crippen LogP contribution in [0.2, 0.25) is 0 Å². The van der Waals surface area contributed by atoms with Crippen LogP contribution in [-0.4, -0.2) is 48.7 Å². The van der Waals surface area contributed by atoms with E-state index in [1.165, 1.54) is 0 Å². The number of alkyl halides is 1. The number of amides is 1. The van der Waals surface area contributed by atoms with Gasteiger partial charge in [-0.2, -0.15) is 0 Å². The Morgan fingerprint density at radius 3 is 2.33 bits per heavy atom. The number of halogens is 1. The molecule has 0 fully saturated rings. The van der Waals surface area contributed by atoms with Gasteiger partial charge in [-0.3, -0.25) is 0 Å². The van der Waals surface area contributed by atoms with Crippen LogP contribution in [0, 0.1) is 0 Å². The van der Waals surface area contributed by atoms with Crippen LogP contribution in [0.5, 0.6) is 0 Å². The van der Waals surface area contributed by atoms with Gasteiger partial charge in [-0.05, 0) is 20.8 Å². The summed E-state index contributed by atoms with van der Waals surface area (Å²) in [4.78, 5) is 13.3. The highest BCUT2D eigenvalue weighted by atomic mass is 79.9. The van der Waals surface area contributed by atoms with E-state index in [-0.39, 0.29) is 6.09 Å². The van der Waals surface area contributed by atoms with E-state index in [1.54, 1.807) is 12.0 Å². The van der Waals surface area contributed by atoms with Gasteiger partial charge in [0.25, 0.3) is 0 Å². The number of rotatable bonds is 5. The third kappa shape index (κ3) is 7.62. The zero-order valence-corrected chi connectivity index (χ0v) is 11.5. The third-order valence-corrected chi connectivity index (χ3v) is 1.93. The van der Waals surface area contributed by atoms with Gasteiger partial charge >= 0.3 is 6.09 Å². The fraction of sp³-hybridized carbons (Fsp3) is 0.900. The van der Waals surface area contributed by atoms with Gasteiger partial charge in [0.05, 0.1) is 6.61 Å². The fourth-order valence-electron chi connectivity index (χ4n) is 0.924. The van der Waals surface area contributed by atoms with E-state index in [9.17, 15) is 4.79 Å². The quantitative estimate of drug-likeness (QED) is 0.726. The second kappa shape index (κ2) is 7.06. The van der Waals surface area contributed by atoms with Crippen molar-refractivity contribution in [3.63, 3.8) is 0 Å². The molecule has 0 bridgehead atoms. The maximum atomic E-state index is 11.7. The van der Waals surface area contributed by atoms with Crippen molar-refractivity contribution < 1.29 is 14.3 Å². The summed E-state index contributed by atoms with van der Waals surface area (Å²) >= 11 is 3.30. The molecule has 0 radical (unpaired) electrons. The van der Waals surface area contributed by atoms with Crippen molar-refractivity contribution >= 4 is 22.0 Å². The summed E-state index contributed by atoms with van der Waals surface area (Å²) in [5, 5.41) is 0.732. The molecule has 0 N–H and O–H groups in total. The Morgan fingerprint density at radius 1 is 1.33 bits per heavy atom. The molecular weight excluding hydrogens is 262 g/mol. The second-order valence-electron chi connectivity index (χ2n) is 4.15. The predicted octanol–water partition coefficient (Wildman–Crippen LogP) is 2.26. The van der Waals surface area contributed by atoms with Crippen LogP contribution in [0.3, 0.4) is 0 Å². The first-order chi connectivity index (χ1) is 6.90. The number of carbonyl (C=O) groups is 1. The SMILES string of the molecule is COCCN(CCBr)C(=O)OC(C)(C)C. The van der Waals surface area contributed by atoms with Crippen LogP contribution in [0.25, 0.3) is 0 Å². The number of ether oxygens (including phenoxy) is 2. The zero-order chi connectivity index (χ0) is 11.9. The maximum absolute atomic E-state index is 11.7. The van der Waals surface area contributed by atoms with E-state index in [4.69, 9.17) is 9.47 Å². The molecule has 0 aromatic carbocycles. The summed E-state index contributed by atoms with van der Waals surface area (Å²) in [6.45, 7) is 7.26. The molecule has 0 aliphatic carbocycles. The average molecular weight is 282 g/mol. The van der Waals surface area contributed by atoms with Crippen LogP contribution >= 0.6 is 15.9 Å². The lowest BCUT2D eigenvalue weighted by Crippen LogP contribution is -2.39. The van der Waals surface area contributed by atoms with Gasteiger partial charge in [0.2, 0.25) is 0 Å². The van der Waals surface area contributed by atoms with E-state index < -0.39 is 5.60 Å². The Hall–Kier alpha value is -0.290. The minimum atomic E-state index is -0.450. The van der Waals surface area contributed by atoms with Crippen LogP contribution in [-0.2, 0) is 9.47 Å². The Morgan fingerprint density at radius 2 is 1.93 bits per heavy atom. The topological polar surface area (TPSA) is 38.8 Å². The summed E-state index contributed by atoms with van der Waals surface area (Å²) in [6, 6.07) is 0. The van der Waals surface area contributed by atoms with Crippen molar-refractivity contribution in [3.8, 4) is 0 Å². The highest BCUT2D eigenvalue weighted by Gasteiger charge is 2.21. The van der Waals surface area contributed by atoms with Crippen molar-refractivity contribution in [2.45, 2.75) is 26.4 Å². The van der Waals surface area contributed by atoms with Crippen molar-refractivity contribution in [2.24, 2.45) is 0 Å². The Kier molecular flexibility index (Phi) is 6.92. The first kappa shape index (κ1) is 14.7. The molecule has 15 heavy (non-hydrogen) atoms. The average Bonchev–Trinajstić information content (AvgIpc) is 2.09.